The van der Waals surface area contributed by atoms with Crippen molar-refractivity contribution in [2.45, 2.75) is 38.0 Å². The van der Waals surface area contributed by atoms with E-state index in [0.717, 1.165) is 23.0 Å². The summed E-state index contributed by atoms with van der Waals surface area (Å²) in [6, 6.07) is 27.4. The monoisotopic (exact) mass is 328 g/mol. The number of hydrogen-bond acceptors (Lipinski definition) is 1. The van der Waals surface area contributed by atoms with E-state index in [2.05, 4.69) is 60.7 Å². The lowest BCUT2D eigenvalue weighted by Gasteiger charge is -2.22. The summed E-state index contributed by atoms with van der Waals surface area (Å²) in [7, 11) is 0. The van der Waals surface area contributed by atoms with Crippen molar-refractivity contribution < 1.29 is 4.74 Å². The van der Waals surface area contributed by atoms with Crippen molar-refractivity contribution in [2.75, 3.05) is 0 Å². The van der Waals surface area contributed by atoms with Crippen LogP contribution in [0.4, 0.5) is 0 Å². The number of benzene rings is 3. The zero-order valence-corrected chi connectivity index (χ0v) is 14.5. The predicted octanol–water partition coefficient (Wildman–Crippen LogP) is 7.19. The van der Waals surface area contributed by atoms with Gasteiger partial charge in [-0.25, -0.2) is 0 Å². The van der Waals surface area contributed by atoms with Crippen molar-refractivity contribution in [2.24, 2.45) is 0 Å². The largest absolute Gasteiger partial charge is 0.457 e. The van der Waals surface area contributed by atoms with Crippen molar-refractivity contribution in [1.29, 1.82) is 0 Å². The van der Waals surface area contributed by atoms with E-state index in [1.807, 2.05) is 18.2 Å². The van der Waals surface area contributed by atoms with Crippen LogP contribution >= 0.6 is 0 Å². The van der Waals surface area contributed by atoms with Gasteiger partial charge in [-0.1, -0.05) is 79.9 Å². The fourth-order valence-corrected chi connectivity index (χ4v) is 3.78. The van der Waals surface area contributed by atoms with Gasteiger partial charge in [-0.15, -0.1) is 0 Å². The summed E-state index contributed by atoms with van der Waals surface area (Å²) in [6.45, 7) is 0. The molecule has 0 heterocycles. The zero-order valence-electron chi connectivity index (χ0n) is 14.5. The number of rotatable bonds is 4. The highest BCUT2D eigenvalue weighted by Gasteiger charge is 2.15. The molecular weight excluding hydrogens is 304 g/mol. The summed E-state index contributed by atoms with van der Waals surface area (Å²) in [5.41, 5.74) is 3.76. The Hall–Kier alpha value is -2.54. The molecule has 0 N–H and O–H groups in total. The minimum atomic E-state index is 0.736. The van der Waals surface area contributed by atoms with Gasteiger partial charge < -0.3 is 4.74 Å². The summed E-state index contributed by atoms with van der Waals surface area (Å²) >= 11 is 0. The molecule has 1 fully saturated rings. The normalized spacial score (nSPS) is 15.0. The average molecular weight is 328 g/mol. The van der Waals surface area contributed by atoms with Gasteiger partial charge in [0.1, 0.15) is 11.5 Å². The molecule has 0 aliphatic heterocycles. The lowest BCUT2D eigenvalue weighted by atomic mass is 9.84. The van der Waals surface area contributed by atoms with Crippen LogP contribution in [-0.2, 0) is 0 Å². The third kappa shape index (κ3) is 3.76. The van der Waals surface area contributed by atoms with Gasteiger partial charge >= 0.3 is 0 Å². The lowest BCUT2D eigenvalue weighted by Crippen LogP contribution is -2.04. The highest BCUT2D eigenvalue weighted by molar-refractivity contribution is 5.70. The van der Waals surface area contributed by atoms with E-state index in [-0.39, 0.29) is 0 Å². The Bertz CT molecular complexity index is 799. The summed E-state index contributed by atoms with van der Waals surface area (Å²) in [4.78, 5) is 0. The van der Waals surface area contributed by atoms with Crippen LogP contribution in [0.5, 0.6) is 11.5 Å². The van der Waals surface area contributed by atoms with Crippen molar-refractivity contribution >= 4 is 0 Å². The van der Waals surface area contributed by atoms with Gasteiger partial charge in [-0.05, 0) is 48.1 Å². The Morgan fingerprint density at radius 1 is 0.640 bits per heavy atom. The van der Waals surface area contributed by atoms with Gasteiger partial charge in [-0.3, -0.25) is 0 Å². The van der Waals surface area contributed by atoms with Gasteiger partial charge in [0, 0.05) is 5.56 Å². The molecule has 0 spiro atoms. The minimum Gasteiger partial charge on any atom is -0.457 e. The summed E-state index contributed by atoms with van der Waals surface area (Å²) in [6.07, 6.45) is 6.79. The highest BCUT2D eigenvalue weighted by atomic mass is 16.5. The molecule has 0 bridgehead atoms. The molecule has 1 heteroatoms. The Morgan fingerprint density at radius 2 is 1.32 bits per heavy atom. The first-order valence-corrected chi connectivity index (χ1v) is 9.32. The van der Waals surface area contributed by atoms with E-state index >= 15 is 0 Å². The summed E-state index contributed by atoms with van der Waals surface area (Å²) < 4.78 is 6.21. The number of hydrogen-bond donors (Lipinski definition) is 0. The van der Waals surface area contributed by atoms with Crippen molar-refractivity contribution in [1.82, 2.24) is 0 Å². The number of ether oxygens (including phenoxy) is 1. The van der Waals surface area contributed by atoms with E-state index < -0.39 is 0 Å². The van der Waals surface area contributed by atoms with Crippen molar-refractivity contribution in [3.05, 3.63) is 84.4 Å². The number of para-hydroxylation sites is 1. The molecule has 3 aromatic rings. The van der Waals surface area contributed by atoms with Crippen molar-refractivity contribution in [3.63, 3.8) is 0 Å². The average Bonchev–Trinajstić information content (AvgIpc) is 2.70. The van der Waals surface area contributed by atoms with Crippen LogP contribution in [0, 0.1) is 0 Å². The molecule has 126 valence electrons. The lowest BCUT2D eigenvalue weighted by molar-refractivity contribution is 0.442. The second-order valence-corrected chi connectivity index (χ2v) is 6.87. The van der Waals surface area contributed by atoms with Crippen LogP contribution in [0.15, 0.2) is 78.9 Å². The summed E-state index contributed by atoms with van der Waals surface area (Å²) in [5, 5.41) is 0. The maximum atomic E-state index is 6.21. The fraction of sp³-hybridized carbons (Fsp3) is 0.250. The van der Waals surface area contributed by atoms with Gasteiger partial charge in [0.15, 0.2) is 0 Å². The van der Waals surface area contributed by atoms with E-state index in [9.17, 15) is 0 Å². The van der Waals surface area contributed by atoms with E-state index in [1.165, 1.54) is 43.2 Å². The fourth-order valence-electron chi connectivity index (χ4n) is 3.78. The first-order valence-electron chi connectivity index (χ1n) is 9.32. The van der Waals surface area contributed by atoms with Crippen molar-refractivity contribution in [3.8, 4) is 22.6 Å². The maximum Gasteiger partial charge on any atom is 0.135 e. The molecule has 0 aromatic heterocycles. The van der Waals surface area contributed by atoms with Gasteiger partial charge in [-0.2, -0.15) is 0 Å². The molecule has 0 amide bonds. The molecule has 25 heavy (non-hydrogen) atoms. The van der Waals surface area contributed by atoms with E-state index in [0.29, 0.717) is 0 Å². The van der Waals surface area contributed by atoms with E-state index in [4.69, 9.17) is 4.74 Å². The third-order valence-corrected chi connectivity index (χ3v) is 5.16. The molecular formula is C24H24O. The molecule has 1 nitrogen and oxygen atoms in total. The van der Waals surface area contributed by atoms with Gasteiger partial charge in [0.25, 0.3) is 0 Å². The standard InChI is InChI=1S/C24H24O/c1-3-9-19(10-4-1)20-15-17-22(18-16-20)25-24-14-8-7-13-23(24)21-11-5-2-6-12-21/h2,5-8,11-19H,1,3-4,9-10H2. The topological polar surface area (TPSA) is 9.23 Å². The van der Waals surface area contributed by atoms with E-state index in [1.54, 1.807) is 0 Å². The zero-order chi connectivity index (χ0) is 16.9. The summed E-state index contributed by atoms with van der Waals surface area (Å²) in [5.74, 6) is 2.54. The Labute approximate surface area is 150 Å². The first kappa shape index (κ1) is 16.0. The minimum absolute atomic E-state index is 0.736. The maximum absolute atomic E-state index is 6.21. The quantitative estimate of drug-likeness (QED) is 0.492. The van der Waals surface area contributed by atoms with Crippen LogP contribution < -0.4 is 4.74 Å². The molecule has 0 radical (unpaired) electrons. The predicted molar refractivity (Wildman–Crippen MR) is 104 cm³/mol. The first-order chi connectivity index (χ1) is 12.4. The molecule has 0 saturated heterocycles. The van der Waals surface area contributed by atoms with Crippen LogP contribution in [0.2, 0.25) is 0 Å². The molecule has 1 aliphatic carbocycles. The third-order valence-electron chi connectivity index (χ3n) is 5.16. The highest BCUT2D eigenvalue weighted by Crippen LogP contribution is 2.36. The van der Waals surface area contributed by atoms with Gasteiger partial charge in [0.05, 0.1) is 0 Å². The SMILES string of the molecule is c1ccc(-c2ccccc2Oc2ccc(C3CCCCC3)cc2)cc1. The second-order valence-electron chi connectivity index (χ2n) is 6.87. The molecule has 3 aromatic carbocycles. The Balaban J connectivity index is 1.55. The van der Waals surface area contributed by atoms with Crippen LogP contribution in [0.1, 0.15) is 43.6 Å². The molecule has 0 unspecified atom stereocenters. The Kier molecular flexibility index (Phi) is 4.83. The molecule has 4 rings (SSSR count). The molecule has 0 atom stereocenters. The Morgan fingerprint density at radius 3 is 2.08 bits per heavy atom. The van der Waals surface area contributed by atoms with Crippen LogP contribution in [0.25, 0.3) is 11.1 Å². The molecule has 1 aliphatic rings. The smallest absolute Gasteiger partial charge is 0.135 e. The van der Waals surface area contributed by atoms with Crippen LogP contribution in [-0.4, -0.2) is 0 Å². The molecule has 1 saturated carbocycles. The second kappa shape index (κ2) is 7.57. The van der Waals surface area contributed by atoms with Gasteiger partial charge in [0.2, 0.25) is 0 Å². The van der Waals surface area contributed by atoms with Crippen LogP contribution in [0.3, 0.4) is 0 Å².